The Kier molecular flexibility index (Phi) is 7.48. The van der Waals surface area contributed by atoms with Gasteiger partial charge in [0.1, 0.15) is 0 Å². The van der Waals surface area contributed by atoms with Crippen LogP contribution < -0.4 is 15.8 Å². The molecule has 24 heavy (non-hydrogen) atoms. The van der Waals surface area contributed by atoms with E-state index >= 15 is 0 Å². The molecule has 1 aliphatic rings. The minimum absolute atomic E-state index is 0. The number of aryl methyl sites for hydroxylation is 1. The van der Waals surface area contributed by atoms with Gasteiger partial charge in [0, 0.05) is 11.2 Å². The molecule has 0 fully saturated rings. The summed E-state index contributed by atoms with van der Waals surface area (Å²) in [4.78, 5) is 4.28. The molecule has 6 nitrogen and oxygen atoms in total. The second-order valence-electron chi connectivity index (χ2n) is 6.73. The van der Waals surface area contributed by atoms with E-state index in [0.717, 1.165) is 24.8 Å². The maximum absolute atomic E-state index is 11.3. The first-order valence-corrected chi connectivity index (χ1v) is 9.72. The molecular weight excluding hydrogens is 439 g/mol. The van der Waals surface area contributed by atoms with E-state index in [1.165, 1.54) is 24.0 Å². The number of nitrogens with one attached hydrogen (secondary N) is 2. The summed E-state index contributed by atoms with van der Waals surface area (Å²) < 4.78 is 25.2. The van der Waals surface area contributed by atoms with Crippen molar-refractivity contribution in [1.82, 2.24) is 4.72 Å². The van der Waals surface area contributed by atoms with Crippen molar-refractivity contribution in [3.05, 3.63) is 29.3 Å². The summed E-state index contributed by atoms with van der Waals surface area (Å²) in [6.45, 7) is 3.80. The maximum atomic E-state index is 11.3. The number of nitrogens with two attached hydrogens (primary N) is 1. The van der Waals surface area contributed by atoms with Gasteiger partial charge in [-0.1, -0.05) is 12.1 Å². The zero-order chi connectivity index (χ0) is 17.1. The third-order valence-electron chi connectivity index (χ3n) is 3.77. The van der Waals surface area contributed by atoms with Crippen molar-refractivity contribution in [1.29, 1.82) is 0 Å². The SMILES string of the molecule is CC(C)(CN=C(N)Nc1cccc2c1CCCC2)NS(C)(=O)=O.I. The molecule has 0 amide bonds. The average Bonchev–Trinajstić information content (AvgIpc) is 2.43. The number of hydrogen-bond acceptors (Lipinski definition) is 3. The van der Waals surface area contributed by atoms with Crippen molar-refractivity contribution in [3.63, 3.8) is 0 Å². The summed E-state index contributed by atoms with van der Waals surface area (Å²) >= 11 is 0. The zero-order valence-corrected chi connectivity index (χ0v) is 17.6. The highest BCUT2D eigenvalue weighted by molar-refractivity contribution is 14.0. The van der Waals surface area contributed by atoms with E-state index in [0.29, 0.717) is 5.96 Å². The minimum atomic E-state index is -3.28. The van der Waals surface area contributed by atoms with E-state index in [1.54, 1.807) is 13.8 Å². The molecule has 0 saturated heterocycles. The van der Waals surface area contributed by atoms with Gasteiger partial charge in [-0.05, 0) is 56.7 Å². The number of fused-ring (bicyclic) bond motifs is 1. The van der Waals surface area contributed by atoms with Crippen molar-refractivity contribution < 1.29 is 8.42 Å². The normalized spacial score (nSPS) is 15.4. The highest BCUT2D eigenvalue weighted by Crippen LogP contribution is 2.27. The molecule has 0 aromatic heterocycles. The zero-order valence-electron chi connectivity index (χ0n) is 14.4. The van der Waals surface area contributed by atoms with E-state index in [-0.39, 0.29) is 30.5 Å². The predicted molar refractivity (Wildman–Crippen MR) is 111 cm³/mol. The second-order valence-corrected chi connectivity index (χ2v) is 8.48. The highest BCUT2D eigenvalue weighted by Gasteiger charge is 2.22. The van der Waals surface area contributed by atoms with Crippen LogP contribution >= 0.6 is 24.0 Å². The Bertz CT molecular complexity index is 702. The first-order valence-electron chi connectivity index (χ1n) is 7.83. The quantitative estimate of drug-likeness (QED) is 0.352. The molecule has 0 bridgehead atoms. The van der Waals surface area contributed by atoms with Crippen molar-refractivity contribution in [2.24, 2.45) is 10.7 Å². The van der Waals surface area contributed by atoms with E-state index in [1.807, 2.05) is 12.1 Å². The van der Waals surface area contributed by atoms with Crippen LogP contribution in [0.1, 0.15) is 37.8 Å². The van der Waals surface area contributed by atoms with Crippen molar-refractivity contribution in [2.45, 2.75) is 45.1 Å². The van der Waals surface area contributed by atoms with Gasteiger partial charge in [-0.25, -0.2) is 13.1 Å². The van der Waals surface area contributed by atoms with Crippen molar-refractivity contribution in [3.8, 4) is 0 Å². The Balaban J connectivity index is 0.00000288. The largest absolute Gasteiger partial charge is 0.370 e. The third kappa shape index (κ3) is 6.56. The fraction of sp³-hybridized carbons (Fsp3) is 0.562. The van der Waals surface area contributed by atoms with Crippen LogP contribution in [0, 0.1) is 0 Å². The van der Waals surface area contributed by atoms with Gasteiger partial charge < -0.3 is 11.1 Å². The fourth-order valence-electron chi connectivity index (χ4n) is 2.89. The summed E-state index contributed by atoms with van der Waals surface area (Å²) in [6.07, 6.45) is 5.70. The Morgan fingerprint density at radius 1 is 1.29 bits per heavy atom. The highest BCUT2D eigenvalue weighted by atomic mass is 127. The molecule has 0 spiro atoms. The molecule has 2 rings (SSSR count). The second kappa shape index (κ2) is 8.48. The summed E-state index contributed by atoms with van der Waals surface area (Å²) in [5.74, 6) is 0.298. The van der Waals surface area contributed by atoms with E-state index in [4.69, 9.17) is 5.73 Å². The number of nitrogens with zero attached hydrogens (tertiary/aromatic N) is 1. The maximum Gasteiger partial charge on any atom is 0.209 e. The number of hydrogen-bond donors (Lipinski definition) is 3. The predicted octanol–water partition coefficient (Wildman–Crippen LogP) is 2.24. The summed E-state index contributed by atoms with van der Waals surface area (Å²) in [5.41, 5.74) is 8.96. The lowest BCUT2D eigenvalue weighted by molar-refractivity contribution is 0.466. The van der Waals surface area contributed by atoms with Crippen LogP contribution in [0.2, 0.25) is 0 Å². The fourth-order valence-corrected chi connectivity index (χ4v) is 3.96. The van der Waals surface area contributed by atoms with E-state index in [2.05, 4.69) is 21.1 Å². The van der Waals surface area contributed by atoms with Gasteiger partial charge in [0.25, 0.3) is 0 Å². The molecular formula is C16H27IN4O2S. The molecule has 0 heterocycles. The van der Waals surface area contributed by atoms with Crippen LogP contribution in [0.25, 0.3) is 0 Å². The van der Waals surface area contributed by atoms with Crippen LogP contribution in [-0.4, -0.2) is 32.7 Å². The molecule has 1 aromatic rings. The standard InChI is InChI=1S/C16H26N4O2S.HI/c1-16(2,20-23(3,21)22)11-18-15(17)19-14-10-6-8-12-7-4-5-9-13(12)14;/h6,8,10,20H,4-5,7,9,11H2,1-3H3,(H3,17,18,19);1H. The van der Waals surface area contributed by atoms with Crippen LogP contribution in [0.4, 0.5) is 5.69 Å². The number of sulfonamides is 1. The Morgan fingerprint density at radius 2 is 1.96 bits per heavy atom. The Hall–Kier alpha value is -0.870. The van der Waals surface area contributed by atoms with Gasteiger partial charge in [-0.3, -0.25) is 4.99 Å². The van der Waals surface area contributed by atoms with Crippen LogP contribution in [-0.2, 0) is 22.9 Å². The van der Waals surface area contributed by atoms with Crippen molar-refractivity contribution in [2.75, 3.05) is 18.1 Å². The van der Waals surface area contributed by atoms with E-state index < -0.39 is 15.6 Å². The molecule has 0 atom stereocenters. The lowest BCUT2D eigenvalue weighted by Gasteiger charge is -2.23. The lowest BCUT2D eigenvalue weighted by Crippen LogP contribution is -2.45. The Labute approximate surface area is 161 Å². The smallest absolute Gasteiger partial charge is 0.209 e. The molecule has 4 N–H and O–H groups in total. The molecule has 136 valence electrons. The van der Waals surface area contributed by atoms with E-state index in [9.17, 15) is 8.42 Å². The molecule has 8 heteroatoms. The Morgan fingerprint density at radius 3 is 2.62 bits per heavy atom. The minimum Gasteiger partial charge on any atom is -0.370 e. The molecule has 1 aliphatic carbocycles. The number of guanidine groups is 1. The summed E-state index contributed by atoms with van der Waals surface area (Å²) in [7, 11) is -3.28. The molecule has 1 aromatic carbocycles. The van der Waals surface area contributed by atoms with Gasteiger partial charge >= 0.3 is 0 Å². The van der Waals surface area contributed by atoms with Gasteiger partial charge in [0.2, 0.25) is 10.0 Å². The topological polar surface area (TPSA) is 96.6 Å². The summed E-state index contributed by atoms with van der Waals surface area (Å²) in [6, 6.07) is 6.19. The van der Waals surface area contributed by atoms with Crippen LogP contribution in [0.5, 0.6) is 0 Å². The van der Waals surface area contributed by atoms with Crippen LogP contribution in [0.15, 0.2) is 23.2 Å². The first kappa shape index (κ1) is 21.2. The number of anilines is 1. The number of benzene rings is 1. The van der Waals surface area contributed by atoms with Crippen molar-refractivity contribution >= 4 is 45.6 Å². The summed E-state index contributed by atoms with van der Waals surface area (Å²) in [5, 5.41) is 3.16. The molecule has 0 aliphatic heterocycles. The van der Waals surface area contributed by atoms with Gasteiger partial charge in [-0.15, -0.1) is 24.0 Å². The molecule has 0 radical (unpaired) electrons. The van der Waals surface area contributed by atoms with Gasteiger partial charge in [0.15, 0.2) is 5.96 Å². The average molecular weight is 466 g/mol. The molecule has 0 unspecified atom stereocenters. The lowest BCUT2D eigenvalue weighted by atomic mass is 9.90. The number of rotatable bonds is 5. The third-order valence-corrected chi connectivity index (χ3v) is 4.69. The first-order chi connectivity index (χ1) is 10.7. The van der Waals surface area contributed by atoms with Crippen LogP contribution in [0.3, 0.4) is 0 Å². The number of aliphatic imine (C=N–C) groups is 1. The molecule has 0 saturated carbocycles. The van der Waals surface area contributed by atoms with Gasteiger partial charge in [-0.2, -0.15) is 0 Å². The van der Waals surface area contributed by atoms with Gasteiger partial charge in [0.05, 0.1) is 12.8 Å². The number of halogens is 1. The monoisotopic (exact) mass is 466 g/mol.